The van der Waals surface area contributed by atoms with Gasteiger partial charge >= 0.3 is 0 Å². The molecular formula is C31H29BrN4O3S. The van der Waals surface area contributed by atoms with E-state index in [-0.39, 0.29) is 17.6 Å². The van der Waals surface area contributed by atoms with E-state index in [4.69, 9.17) is 4.98 Å². The van der Waals surface area contributed by atoms with Gasteiger partial charge in [0.25, 0.3) is 5.56 Å². The van der Waals surface area contributed by atoms with Crippen molar-refractivity contribution in [1.29, 1.82) is 0 Å². The number of piperazine rings is 1. The highest BCUT2D eigenvalue weighted by atomic mass is 79.9. The van der Waals surface area contributed by atoms with Crippen LogP contribution in [0.1, 0.15) is 25.7 Å². The quantitative estimate of drug-likeness (QED) is 0.251. The topological polar surface area (TPSA) is 75.5 Å². The number of benzene rings is 4. The van der Waals surface area contributed by atoms with Gasteiger partial charge in [-0.2, -0.15) is 4.31 Å². The lowest BCUT2D eigenvalue weighted by molar-refractivity contribution is 0.104. The zero-order chi connectivity index (χ0) is 28.0. The van der Waals surface area contributed by atoms with Crippen LogP contribution in [0.5, 0.6) is 0 Å². The largest absolute Gasteiger partial charge is 0.291 e. The van der Waals surface area contributed by atoms with E-state index in [1.165, 1.54) is 0 Å². The zero-order valence-electron chi connectivity index (χ0n) is 22.2. The summed E-state index contributed by atoms with van der Waals surface area (Å²) in [4.78, 5) is 21.2. The van der Waals surface area contributed by atoms with Gasteiger partial charge in [-0.15, -0.1) is 0 Å². The van der Waals surface area contributed by atoms with Gasteiger partial charge < -0.3 is 0 Å². The summed E-state index contributed by atoms with van der Waals surface area (Å²) in [5.74, 6) is 0.629. The molecule has 1 saturated heterocycles. The molecular weight excluding hydrogens is 588 g/mol. The lowest BCUT2D eigenvalue weighted by Crippen LogP contribution is -2.54. The van der Waals surface area contributed by atoms with Crippen LogP contribution in [0.3, 0.4) is 0 Å². The maximum atomic E-state index is 13.7. The van der Waals surface area contributed by atoms with Crippen LogP contribution >= 0.6 is 15.9 Å². The Labute approximate surface area is 241 Å². The molecule has 5 aromatic rings. The molecule has 204 valence electrons. The minimum atomic E-state index is -3.68. The van der Waals surface area contributed by atoms with Gasteiger partial charge in [0.2, 0.25) is 10.0 Å². The number of para-hydroxylation sites is 1. The molecule has 0 bridgehead atoms. The SMILES string of the molecule is CC(c1nc2ccccc2c(=O)n1-c1ccc(Br)cc1)N1CCN(S(=O)(=O)c2ccc3ccccc3c2)C(C)C1. The van der Waals surface area contributed by atoms with Crippen LogP contribution in [0, 0.1) is 0 Å². The third-order valence-corrected chi connectivity index (χ3v) is 10.3. The average molecular weight is 618 g/mol. The van der Waals surface area contributed by atoms with Gasteiger partial charge in [0, 0.05) is 30.1 Å². The maximum Gasteiger partial charge on any atom is 0.266 e. The third kappa shape index (κ3) is 4.77. The molecule has 2 heterocycles. The Morgan fingerprint density at radius 3 is 2.35 bits per heavy atom. The maximum absolute atomic E-state index is 13.7. The van der Waals surface area contributed by atoms with E-state index in [9.17, 15) is 13.2 Å². The lowest BCUT2D eigenvalue weighted by Gasteiger charge is -2.41. The summed E-state index contributed by atoms with van der Waals surface area (Å²) in [6, 6.07) is 27.6. The fraction of sp³-hybridized carbons (Fsp3) is 0.226. The minimum absolute atomic E-state index is 0.125. The number of aromatic nitrogens is 2. The van der Waals surface area contributed by atoms with E-state index in [1.807, 2.05) is 86.6 Å². The van der Waals surface area contributed by atoms with Crippen molar-refractivity contribution in [3.63, 3.8) is 0 Å². The second-order valence-corrected chi connectivity index (χ2v) is 13.1. The second kappa shape index (κ2) is 10.6. The van der Waals surface area contributed by atoms with Crippen LogP contribution in [0.25, 0.3) is 27.4 Å². The van der Waals surface area contributed by atoms with Gasteiger partial charge in [0.15, 0.2) is 0 Å². The number of nitrogens with zero attached hydrogens (tertiary/aromatic N) is 4. The highest BCUT2D eigenvalue weighted by Crippen LogP contribution is 2.29. The number of sulfonamides is 1. The van der Waals surface area contributed by atoms with Crippen LogP contribution in [0.4, 0.5) is 0 Å². The van der Waals surface area contributed by atoms with Gasteiger partial charge in [0.1, 0.15) is 5.82 Å². The lowest BCUT2D eigenvalue weighted by atomic mass is 10.1. The molecule has 0 saturated carbocycles. The Balaban J connectivity index is 1.32. The van der Waals surface area contributed by atoms with E-state index < -0.39 is 10.0 Å². The highest BCUT2D eigenvalue weighted by molar-refractivity contribution is 9.10. The van der Waals surface area contributed by atoms with Crippen molar-refractivity contribution in [1.82, 2.24) is 18.8 Å². The fourth-order valence-corrected chi connectivity index (χ4v) is 7.49. The molecule has 40 heavy (non-hydrogen) atoms. The van der Waals surface area contributed by atoms with Gasteiger partial charge in [-0.05, 0) is 73.2 Å². The molecule has 1 aliphatic heterocycles. The fourth-order valence-electron chi connectivity index (χ4n) is 5.57. The predicted molar refractivity (Wildman–Crippen MR) is 162 cm³/mol. The first-order valence-electron chi connectivity index (χ1n) is 13.3. The summed E-state index contributed by atoms with van der Waals surface area (Å²) in [6.45, 7) is 5.34. The summed E-state index contributed by atoms with van der Waals surface area (Å²) in [7, 11) is -3.68. The molecule has 1 aliphatic rings. The van der Waals surface area contributed by atoms with Crippen molar-refractivity contribution in [2.45, 2.75) is 30.8 Å². The molecule has 0 aliphatic carbocycles. The molecule has 4 aromatic carbocycles. The van der Waals surface area contributed by atoms with E-state index >= 15 is 0 Å². The first-order valence-corrected chi connectivity index (χ1v) is 15.5. The Hall–Kier alpha value is -3.37. The predicted octanol–water partition coefficient (Wildman–Crippen LogP) is 5.76. The van der Waals surface area contributed by atoms with Crippen LogP contribution < -0.4 is 5.56 Å². The van der Waals surface area contributed by atoms with E-state index in [2.05, 4.69) is 20.8 Å². The molecule has 1 aromatic heterocycles. The van der Waals surface area contributed by atoms with Crippen molar-refractivity contribution in [3.8, 4) is 5.69 Å². The monoisotopic (exact) mass is 616 g/mol. The Morgan fingerprint density at radius 2 is 1.60 bits per heavy atom. The van der Waals surface area contributed by atoms with E-state index in [1.54, 1.807) is 27.1 Å². The smallest absolute Gasteiger partial charge is 0.266 e. The van der Waals surface area contributed by atoms with Crippen LogP contribution in [0.15, 0.2) is 105 Å². The van der Waals surface area contributed by atoms with E-state index in [0.29, 0.717) is 41.3 Å². The van der Waals surface area contributed by atoms with Crippen molar-refractivity contribution in [2.75, 3.05) is 19.6 Å². The minimum Gasteiger partial charge on any atom is -0.291 e. The summed E-state index contributed by atoms with van der Waals surface area (Å²) < 4.78 is 31.6. The Kier molecular flexibility index (Phi) is 7.08. The number of rotatable bonds is 5. The van der Waals surface area contributed by atoms with Crippen LogP contribution in [-0.4, -0.2) is 52.9 Å². The normalized spacial score (nSPS) is 17.8. The van der Waals surface area contributed by atoms with Crippen molar-refractivity contribution in [2.24, 2.45) is 0 Å². The number of fused-ring (bicyclic) bond motifs is 2. The summed E-state index contributed by atoms with van der Waals surface area (Å²) in [6.07, 6.45) is 0. The standard InChI is InChI=1S/C31H29BrN4O3S/c1-21-20-34(17-18-35(21)40(38,39)27-16-11-23-7-3-4-8-24(23)19-27)22(2)30-33-29-10-6-5-9-28(29)31(37)36(30)26-14-12-25(32)13-15-26/h3-16,19,21-22H,17-18,20H2,1-2H3. The van der Waals surface area contributed by atoms with Gasteiger partial charge in [-0.25, -0.2) is 13.4 Å². The summed E-state index contributed by atoms with van der Waals surface area (Å²) in [5, 5.41) is 2.46. The molecule has 6 rings (SSSR count). The summed E-state index contributed by atoms with van der Waals surface area (Å²) in [5.41, 5.74) is 1.26. The Morgan fingerprint density at radius 1 is 0.900 bits per heavy atom. The molecule has 2 atom stereocenters. The Bertz CT molecular complexity index is 1890. The zero-order valence-corrected chi connectivity index (χ0v) is 24.6. The van der Waals surface area contributed by atoms with Crippen molar-refractivity contribution >= 4 is 47.6 Å². The van der Waals surface area contributed by atoms with Crippen LogP contribution in [-0.2, 0) is 10.0 Å². The first kappa shape index (κ1) is 26.8. The summed E-state index contributed by atoms with van der Waals surface area (Å²) >= 11 is 3.48. The van der Waals surface area contributed by atoms with Crippen LogP contribution in [0.2, 0.25) is 0 Å². The molecule has 0 amide bonds. The number of hydrogen-bond acceptors (Lipinski definition) is 5. The van der Waals surface area contributed by atoms with Gasteiger partial charge in [-0.1, -0.05) is 58.4 Å². The van der Waals surface area contributed by atoms with Gasteiger partial charge in [-0.3, -0.25) is 14.3 Å². The van der Waals surface area contributed by atoms with Crippen molar-refractivity contribution in [3.05, 3.63) is 112 Å². The number of hydrogen-bond donors (Lipinski definition) is 0. The van der Waals surface area contributed by atoms with E-state index in [0.717, 1.165) is 20.9 Å². The third-order valence-electron chi connectivity index (χ3n) is 7.73. The molecule has 0 N–H and O–H groups in total. The molecule has 7 nitrogen and oxygen atoms in total. The van der Waals surface area contributed by atoms with Gasteiger partial charge in [0.05, 0.1) is 27.5 Å². The highest BCUT2D eigenvalue weighted by Gasteiger charge is 2.36. The van der Waals surface area contributed by atoms with Crippen molar-refractivity contribution < 1.29 is 8.42 Å². The molecule has 9 heteroatoms. The first-order chi connectivity index (χ1) is 19.2. The second-order valence-electron chi connectivity index (χ2n) is 10.2. The number of halogens is 1. The molecule has 1 fully saturated rings. The average Bonchev–Trinajstić information content (AvgIpc) is 2.97. The molecule has 0 radical (unpaired) electrons. The molecule has 0 spiro atoms. The molecule has 2 unspecified atom stereocenters.